The van der Waals surface area contributed by atoms with Crippen LogP contribution < -0.4 is 4.90 Å². The molecule has 5 nitrogen and oxygen atoms in total. The molecular formula is C12H18N2O3S. The molecule has 0 aliphatic rings. The van der Waals surface area contributed by atoms with Crippen LogP contribution in [0.15, 0.2) is 29.2 Å². The van der Waals surface area contributed by atoms with Crippen LogP contribution in [0.4, 0.5) is 5.69 Å². The fraction of sp³-hybridized carbons (Fsp3) is 0.417. The highest BCUT2D eigenvalue weighted by molar-refractivity contribution is 7.90. The average Bonchev–Trinajstić information content (AvgIpc) is 2.27. The van der Waals surface area contributed by atoms with Crippen LogP contribution in [0, 0.1) is 0 Å². The van der Waals surface area contributed by atoms with Gasteiger partial charge in [0, 0.05) is 27.4 Å². The normalized spacial score (nSPS) is 11.1. The Morgan fingerprint density at radius 1 is 1.17 bits per heavy atom. The molecule has 0 radical (unpaired) electrons. The van der Waals surface area contributed by atoms with Crippen molar-refractivity contribution >= 4 is 21.4 Å². The molecule has 1 amide bonds. The van der Waals surface area contributed by atoms with E-state index < -0.39 is 9.84 Å². The van der Waals surface area contributed by atoms with Crippen molar-refractivity contribution < 1.29 is 13.2 Å². The zero-order valence-electron chi connectivity index (χ0n) is 11.0. The van der Waals surface area contributed by atoms with Gasteiger partial charge in [0.2, 0.25) is 5.91 Å². The molecule has 18 heavy (non-hydrogen) atoms. The number of nitrogens with zero attached hydrogens (tertiary/aromatic N) is 2. The average molecular weight is 270 g/mol. The van der Waals surface area contributed by atoms with E-state index in [1.807, 2.05) is 0 Å². The van der Waals surface area contributed by atoms with Crippen LogP contribution in [-0.2, 0) is 14.6 Å². The van der Waals surface area contributed by atoms with E-state index in [9.17, 15) is 13.2 Å². The molecule has 1 aromatic carbocycles. The third-order valence-electron chi connectivity index (χ3n) is 2.55. The van der Waals surface area contributed by atoms with Crippen molar-refractivity contribution in [3.8, 4) is 0 Å². The van der Waals surface area contributed by atoms with E-state index in [0.29, 0.717) is 5.69 Å². The Labute approximate surface area is 108 Å². The monoisotopic (exact) mass is 270 g/mol. The first-order valence-corrected chi connectivity index (χ1v) is 7.33. The summed E-state index contributed by atoms with van der Waals surface area (Å²) >= 11 is 0. The highest BCUT2D eigenvalue weighted by atomic mass is 32.2. The molecule has 0 fully saturated rings. The Balaban J connectivity index is 3.07. The van der Waals surface area contributed by atoms with E-state index in [1.165, 1.54) is 4.90 Å². The van der Waals surface area contributed by atoms with Gasteiger partial charge >= 0.3 is 0 Å². The van der Waals surface area contributed by atoms with E-state index >= 15 is 0 Å². The predicted octanol–water partition coefficient (Wildman–Crippen LogP) is 0.615. The summed E-state index contributed by atoms with van der Waals surface area (Å²) in [4.78, 5) is 15.0. The number of anilines is 1. The van der Waals surface area contributed by atoms with Crippen molar-refractivity contribution in [3.05, 3.63) is 24.3 Å². The quantitative estimate of drug-likeness (QED) is 0.804. The van der Waals surface area contributed by atoms with Crippen molar-refractivity contribution in [1.29, 1.82) is 0 Å². The fourth-order valence-corrected chi connectivity index (χ4v) is 2.45. The number of hydrogen-bond acceptors (Lipinski definition) is 4. The third-order valence-corrected chi connectivity index (χ3v) is 3.69. The minimum absolute atomic E-state index is 0.0826. The Kier molecular flexibility index (Phi) is 4.34. The van der Waals surface area contributed by atoms with Gasteiger partial charge in [0.1, 0.15) is 0 Å². The molecule has 0 bridgehead atoms. The molecule has 100 valence electrons. The lowest BCUT2D eigenvalue weighted by atomic mass is 10.3. The fourth-order valence-electron chi connectivity index (χ4n) is 1.52. The van der Waals surface area contributed by atoms with Crippen LogP contribution in [0.3, 0.4) is 0 Å². The maximum atomic E-state index is 11.7. The summed E-state index contributed by atoms with van der Waals surface area (Å²) < 4.78 is 23.3. The number of sulfone groups is 1. The Morgan fingerprint density at radius 2 is 1.72 bits per heavy atom. The summed E-state index contributed by atoms with van der Waals surface area (Å²) in [7, 11) is 1.73. The smallest absolute Gasteiger partial charge is 0.241 e. The molecule has 0 saturated heterocycles. The second-order valence-electron chi connectivity index (χ2n) is 4.38. The standard InChI is InChI=1S/C12H18N2O3S/c1-13(2)12(15)9-14(3)10-7-5-6-8-11(10)18(4,16)17/h5-8H,9H2,1-4H3. The van der Waals surface area contributed by atoms with E-state index in [0.717, 1.165) is 6.26 Å². The molecule has 0 saturated carbocycles. The van der Waals surface area contributed by atoms with Gasteiger partial charge in [-0.2, -0.15) is 0 Å². The minimum atomic E-state index is -3.30. The van der Waals surface area contributed by atoms with Crippen LogP contribution >= 0.6 is 0 Å². The van der Waals surface area contributed by atoms with Gasteiger partial charge in [0.05, 0.1) is 17.1 Å². The van der Waals surface area contributed by atoms with E-state index in [1.54, 1.807) is 50.3 Å². The third kappa shape index (κ3) is 3.46. The molecule has 0 atom stereocenters. The highest BCUT2D eigenvalue weighted by Gasteiger charge is 2.17. The van der Waals surface area contributed by atoms with Gasteiger partial charge in [-0.25, -0.2) is 8.42 Å². The molecule has 6 heteroatoms. The van der Waals surface area contributed by atoms with Gasteiger partial charge in [-0.1, -0.05) is 12.1 Å². The lowest BCUT2D eigenvalue weighted by Gasteiger charge is -2.22. The number of benzene rings is 1. The lowest BCUT2D eigenvalue weighted by molar-refractivity contribution is -0.127. The van der Waals surface area contributed by atoms with Gasteiger partial charge in [-0.3, -0.25) is 4.79 Å². The number of amides is 1. The first-order chi connectivity index (χ1) is 8.23. The van der Waals surface area contributed by atoms with Crippen LogP contribution in [0.5, 0.6) is 0 Å². The summed E-state index contributed by atoms with van der Waals surface area (Å²) in [6.45, 7) is 0.138. The van der Waals surface area contributed by atoms with Gasteiger partial charge < -0.3 is 9.80 Å². The number of carbonyl (C=O) groups is 1. The van der Waals surface area contributed by atoms with Crippen LogP contribution in [0.2, 0.25) is 0 Å². The summed E-state index contributed by atoms with van der Waals surface area (Å²) in [5, 5.41) is 0. The van der Waals surface area contributed by atoms with Gasteiger partial charge in [-0.15, -0.1) is 0 Å². The molecule has 0 heterocycles. The Bertz CT molecular complexity index is 538. The summed E-state index contributed by atoms with van der Waals surface area (Å²) in [5.74, 6) is -0.0826. The van der Waals surface area contributed by atoms with Crippen LogP contribution in [0.25, 0.3) is 0 Å². The summed E-state index contributed by atoms with van der Waals surface area (Å²) in [6, 6.07) is 6.66. The second kappa shape index (κ2) is 5.39. The number of hydrogen-bond donors (Lipinski definition) is 0. The molecule has 1 rings (SSSR count). The van der Waals surface area contributed by atoms with Gasteiger partial charge in [0.15, 0.2) is 9.84 Å². The van der Waals surface area contributed by atoms with E-state index in [2.05, 4.69) is 0 Å². The molecule has 0 spiro atoms. The number of likely N-dealkylation sites (N-methyl/N-ethyl adjacent to an activating group) is 2. The topological polar surface area (TPSA) is 57.7 Å². The minimum Gasteiger partial charge on any atom is -0.364 e. The van der Waals surface area contributed by atoms with Crippen molar-refractivity contribution in [3.63, 3.8) is 0 Å². The van der Waals surface area contributed by atoms with Crippen molar-refractivity contribution in [1.82, 2.24) is 4.90 Å². The van der Waals surface area contributed by atoms with E-state index in [-0.39, 0.29) is 17.3 Å². The van der Waals surface area contributed by atoms with Crippen molar-refractivity contribution in [2.24, 2.45) is 0 Å². The zero-order chi connectivity index (χ0) is 13.9. The maximum absolute atomic E-state index is 11.7. The Morgan fingerprint density at radius 3 is 2.22 bits per heavy atom. The molecule has 1 aromatic rings. The lowest BCUT2D eigenvalue weighted by Crippen LogP contribution is -2.34. The maximum Gasteiger partial charge on any atom is 0.241 e. The molecule has 0 aromatic heterocycles. The van der Waals surface area contributed by atoms with Crippen LogP contribution in [0.1, 0.15) is 0 Å². The first-order valence-electron chi connectivity index (χ1n) is 5.44. The van der Waals surface area contributed by atoms with Crippen LogP contribution in [-0.4, -0.2) is 53.2 Å². The van der Waals surface area contributed by atoms with E-state index in [4.69, 9.17) is 0 Å². The second-order valence-corrected chi connectivity index (χ2v) is 6.37. The summed E-state index contributed by atoms with van der Waals surface area (Å²) in [6.07, 6.45) is 1.16. The summed E-state index contributed by atoms with van der Waals surface area (Å²) in [5.41, 5.74) is 0.537. The molecule has 0 unspecified atom stereocenters. The highest BCUT2D eigenvalue weighted by Crippen LogP contribution is 2.23. The SMILES string of the molecule is CN(C)C(=O)CN(C)c1ccccc1S(C)(=O)=O. The van der Waals surface area contributed by atoms with Gasteiger partial charge in [0.25, 0.3) is 0 Å². The number of rotatable bonds is 4. The van der Waals surface area contributed by atoms with Crippen molar-refractivity contribution in [2.45, 2.75) is 4.90 Å². The molecule has 0 aliphatic heterocycles. The predicted molar refractivity (Wildman–Crippen MR) is 71.5 cm³/mol. The molecule has 0 N–H and O–H groups in total. The first kappa shape index (κ1) is 14.5. The van der Waals surface area contributed by atoms with Gasteiger partial charge in [-0.05, 0) is 12.1 Å². The molecule has 0 aliphatic carbocycles. The zero-order valence-corrected chi connectivity index (χ0v) is 11.9. The van der Waals surface area contributed by atoms with Crippen molar-refractivity contribution in [2.75, 3.05) is 38.8 Å². The molecular weight excluding hydrogens is 252 g/mol. The number of para-hydroxylation sites is 1. The largest absolute Gasteiger partial charge is 0.364 e. The Hall–Kier alpha value is -1.56. The number of carbonyl (C=O) groups excluding carboxylic acids is 1.